The van der Waals surface area contributed by atoms with Crippen molar-refractivity contribution in [2.75, 3.05) is 0 Å². The molecule has 1 saturated carbocycles. The van der Waals surface area contributed by atoms with Crippen LogP contribution in [0.25, 0.3) is 0 Å². The number of hydrogen-bond donors (Lipinski definition) is 1. The van der Waals surface area contributed by atoms with Gasteiger partial charge in [0.2, 0.25) is 0 Å². The van der Waals surface area contributed by atoms with Gasteiger partial charge in [0, 0.05) is 16.2 Å². The molecular weight excluding hydrogens is 250 g/mol. The highest BCUT2D eigenvalue weighted by atomic mass is 32.2. The van der Waals surface area contributed by atoms with Crippen molar-refractivity contribution >= 4 is 11.8 Å². The van der Waals surface area contributed by atoms with E-state index in [0.29, 0.717) is 17.2 Å². The monoisotopic (exact) mass is 277 g/mol. The molecule has 106 valence electrons. The Morgan fingerprint density at radius 2 is 1.89 bits per heavy atom. The molecule has 2 heteroatoms. The van der Waals surface area contributed by atoms with Crippen LogP contribution >= 0.6 is 11.8 Å². The van der Waals surface area contributed by atoms with E-state index in [1.54, 1.807) is 0 Å². The average molecular weight is 277 g/mol. The van der Waals surface area contributed by atoms with Crippen molar-refractivity contribution in [2.45, 2.75) is 68.6 Å². The standard InChI is InChI=1S/C17H27NS/c1-4-13-5-10-16(18)17(11-13)19-15-8-6-14(7-9-15)12(2)3/h6-9,12-13,16-17H,4-5,10-11,18H2,1-3H3. The fourth-order valence-corrected chi connectivity index (χ4v) is 4.17. The van der Waals surface area contributed by atoms with Gasteiger partial charge in [0.25, 0.3) is 0 Å². The Labute approximate surface area is 122 Å². The Kier molecular flexibility index (Phi) is 5.35. The summed E-state index contributed by atoms with van der Waals surface area (Å²) in [5.74, 6) is 1.49. The third-order valence-corrected chi connectivity index (χ3v) is 5.75. The lowest BCUT2D eigenvalue weighted by Crippen LogP contribution is -2.38. The summed E-state index contributed by atoms with van der Waals surface area (Å²) in [5, 5.41) is 0.601. The maximum absolute atomic E-state index is 6.30. The third kappa shape index (κ3) is 4.00. The quantitative estimate of drug-likeness (QED) is 0.855. The smallest absolute Gasteiger partial charge is 0.0248 e. The van der Waals surface area contributed by atoms with Gasteiger partial charge in [0.1, 0.15) is 0 Å². The van der Waals surface area contributed by atoms with Crippen molar-refractivity contribution in [3.05, 3.63) is 29.8 Å². The number of nitrogens with two attached hydrogens (primary N) is 1. The van der Waals surface area contributed by atoms with E-state index in [9.17, 15) is 0 Å². The van der Waals surface area contributed by atoms with Crippen molar-refractivity contribution in [3.63, 3.8) is 0 Å². The van der Waals surface area contributed by atoms with E-state index in [-0.39, 0.29) is 0 Å². The van der Waals surface area contributed by atoms with Gasteiger partial charge < -0.3 is 5.73 Å². The molecule has 3 atom stereocenters. The summed E-state index contributed by atoms with van der Waals surface area (Å²) in [7, 11) is 0. The molecule has 1 aliphatic carbocycles. The summed E-state index contributed by atoms with van der Waals surface area (Å²) < 4.78 is 0. The van der Waals surface area contributed by atoms with E-state index in [1.807, 2.05) is 11.8 Å². The summed E-state index contributed by atoms with van der Waals surface area (Å²) in [4.78, 5) is 1.38. The number of benzene rings is 1. The second-order valence-electron chi connectivity index (χ2n) is 6.13. The Morgan fingerprint density at radius 1 is 1.21 bits per heavy atom. The predicted octanol–water partition coefficient (Wildman–Crippen LogP) is 4.81. The van der Waals surface area contributed by atoms with E-state index < -0.39 is 0 Å². The highest BCUT2D eigenvalue weighted by Crippen LogP contribution is 2.37. The zero-order valence-corrected chi connectivity index (χ0v) is 13.2. The summed E-state index contributed by atoms with van der Waals surface area (Å²) in [6.45, 7) is 6.79. The number of hydrogen-bond acceptors (Lipinski definition) is 2. The van der Waals surface area contributed by atoms with Gasteiger partial charge in [-0.1, -0.05) is 39.3 Å². The number of thioether (sulfide) groups is 1. The zero-order chi connectivity index (χ0) is 13.8. The minimum atomic E-state index is 0.373. The van der Waals surface area contributed by atoms with Crippen LogP contribution in [0, 0.1) is 5.92 Å². The van der Waals surface area contributed by atoms with Crippen LogP contribution in [0.15, 0.2) is 29.2 Å². The molecule has 0 amide bonds. The van der Waals surface area contributed by atoms with Gasteiger partial charge in [-0.3, -0.25) is 0 Å². The van der Waals surface area contributed by atoms with Gasteiger partial charge in [-0.15, -0.1) is 11.8 Å². The summed E-state index contributed by atoms with van der Waals surface area (Å²) >= 11 is 1.99. The van der Waals surface area contributed by atoms with E-state index in [2.05, 4.69) is 45.0 Å². The fraction of sp³-hybridized carbons (Fsp3) is 0.647. The van der Waals surface area contributed by atoms with Crippen molar-refractivity contribution in [1.29, 1.82) is 0 Å². The molecule has 1 fully saturated rings. The molecule has 1 nitrogen and oxygen atoms in total. The first-order chi connectivity index (χ1) is 9.10. The maximum atomic E-state index is 6.30. The SMILES string of the molecule is CCC1CCC(N)C(Sc2ccc(C(C)C)cc2)C1. The van der Waals surface area contributed by atoms with E-state index in [1.165, 1.54) is 36.1 Å². The molecule has 1 aliphatic rings. The van der Waals surface area contributed by atoms with Gasteiger partial charge in [-0.05, 0) is 48.8 Å². The van der Waals surface area contributed by atoms with Crippen LogP contribution in [-0.2, 0) is 0 Å². The number of rotatable bonds is 4. The van der Waals surface area contributed by atoms with Crippen LogP contribution < -0.4 is 5.73 Å². The Hall–Kier alpha value is -0.470. The van der Waals surface area contributed by atoms with Crippen LogP contribution in [0.5, 0.6) is 0 Å². The van der Waals surface area contributed by atoms with Crippen LogP contribution in [0.3, 0.4) is 0 Å². The van der Waals surface area contributed by atoms with Crippen molar-refractivity contribution in [2.24, 2.45) is 11.7 Å². The third-order valence-electron chi connectivity index (χ3n) is 4.36. The molecule has 2 rings (SSSR count). The molecule has 0 saturated heterocycles. The topological polar surface area (TPSA) is 26.0 Å². The Bertz CT molecular complexity index is 385. The average Bonchev–Trinajstić information content (AvgIpc) is 2.42. The van der Waals surface area contributed by atoms with Crippen LogP contribution in [0.4, 0.5) is 0 Å². The summed E-state index contributed by atoms with van der Waals surface area (Å²) in [6.07, 6.45) is 5.10. The molecule has 1 aromatic carbocycles. The van der Waals surface area contributed by atoms with Gasteiger partial charge in [0.05, 0.1) is 0 Å². The fourth-order valence-electron chi connectivity index (χ4n) is 2.85. The highest BCUT2D eigenvalue weighted by Gasteiger charge is 2.27. The molecule has 1 aromatic rings. The molecule has 0 aromatic heterocycles. The molecule has 0 spiro atoms. The second kappa shape index (κ2) is 6.81. The van der Waals surface area contributed by atoms with E-state index >= 15 is 0 Å². The first-order valence-electron chi connectivity index (χ1n) is 7.62. The minimum Gasteiger partial charge on any atom is -0.327 e. The molecule has 0 radical (unpaired) electrons. The largest absolute Gasteiger partial charge is 0.327 e. The van der Waals surface area contributed by atoms with Gasteiger partial charge >= 0.3 is 0 Å². The zero-order valence-electron chi connectivity index (χ0n) is 12.4. The lowest BCUT2D eigenvalue weighted by atomic mass is 9.84. The van der Waals surface area contributed by atoms with Gasteiger partial charge in [-0.2, -0.15) is 0 Å². The lowest BCUT2D eigenvalue weighted by Gasteiger charge is -2.33. The predicted molar refractivity (Wildman–Crippen MR) is 85.8 cm³/mol. The van der Waals surface area contributed by atoms with Gasteiger partial charge in [-0.25, -0.2) is 0 Å². The molecule has 0 aliphatic heterocycles. The van der Waals surface area contributed by atoms with E-state index in [4.69, 9.17) is 5.73 Å². The summed E-state index contributed by atoms with van der Waals surface area (Å²) in [6, 6.07) is 9.43. The van der Waals surface area contributed by atoms with Crippen molar-refractivity contribution < 1.29 is 0 Å². The Morgan fingerprint density at radius 3 is 2.47 bits per heavy atom. The van der Waals surface area contributed by atoms with Crippen LogP contribution in [0.1, 0.15) is 57.9 Å². The molecule has 19 heavy (non-hydrogen) atoms. The van der Waals surface area contributed by atoms with E-state index in [0.717, 1.165) is 5.92 Å². The minimum absolute atomic E-state index is 0.373. The highest BCUT2D eigenvalue weighted by molar-refractivity contribution is 8.00. The van der Waals surface area contributed by atoms with Gasteiger partial charge in [0.15, 0.2) is 0 Å². The second-order valence-corrected chi connectivity index (χ2v) is 7.44. The maximum Gasteiger partial charge on any atom is 0.0248 e. The first kappa shape index (κ1) is 14.9. The molecule has 2 N–H and O–H groups in total. The molecule has 0 heterocycles. The van der Waals surface area contributed by atoms with Crippen LogP contribution in [-0.4, -0.2) is 11.3 Å². The van der Waals surface area contributed by atoms with Crippen molar-refractivity contribution in [3.8, 4) is 0 Å². The van der Waals surface area contributed by atoms with Crippen LogP contribution in [0.2, 0.25) is 0 Å². The lowest BCUT2D eigenvalue weighted by molar-refractivity contribution is 0.327. The molecule has 3 unspecified atom stereocenters. The first-order valence-corrected chi connectivity index (χ1v) is 8.50. The summed E-state index contributed by atoms with van der Waals surface area (Å²) in [5.41, 5.74) is 7.72. The molecular formula is C17H27NS. The Balaban J connectivity index is 1.99. The molecule has 0 bridgehead atoms. The normalized spacial score (nSPS) is 27.7. The van der Waals surface area contributed by atoms with Crippen molar-refractivity contribution in [1.82, 2.24) is 0 Å².